The number of nitrogens with zero attached hydrogens (tertiary/aromatic N) is 2. The summed E-state index contributed by atoms with van der Waals surface area (Å²) in [5.74, 6) is -0.732. The van der Waals surface area contributed by atoms with E-state index in [-0.39, 0.29) is 16.3 Å². The van der Waals surface area contributed by atoms with E-state index >= 15 is 0 Å². The first-order valence-electron chi connectivity index (χ1n) is 7.82. The van der Waals surface area contributed by atoms with Gasteiger partial charge < -0.3 is 5.32 Å². The Kier molecular flexibility index (Phi) is 3.86. The van der Waals surface area contributed by atoms with E-state index in [0.717, 1.165) is 0 Å². The van der Waals surface area contributed by atoms with Gasteiger partial charge >= 0.3 is 0 Å². The minimum Gasteiger partial charge on any atom is -0.321 e. The van der Waals surface area contributed by atoms with E-state index < -0.39 is 15.7 Å². The van der Waals surface area contributed by atoms with Gasteiger partial charge in [0.05, 0.1) is 16.3 Å². The number of carbonyl (C=O) groups is 1. The zero-order chi connectivity index (χ0) is 18.5. The number of amides is 1. The Balaban J connectivity index is 1.81. The van der Waals surface area contributed by atoms with Crippen LogP contribution in [0.25, 0.3) is 11.3 Å². The summed E-state index contributed by atoms with van der Waals surface area (Å²) < 4.78 is 26.8. The SMILES string of the molecule is Cn1nc(C(=O)Nc2cccc(Cl)c2)c2c1-c1ccccc1S(=O)(=O)C2. The maximum Gasteiger partial charge on any atom is 0.276 e. The van der Waals surface area contributed by atoms with Gasteiger partial charge in [-0.1, -0.05) is 35.9 Å². The van der Waals surface area contributed by atoms with Gasteiger partial charge in [0.1, 0.15) is 0 Å². The normalized spacial score (nSPS) is 14.4. The Morgan fingerprint density at radius 1 is 1.19 bits per heavy atom. The predicted molar refractivity (Wildman–Crippen MR) is 98.9 cm³/mol. The van der Waals surface area contributed by atoms with Crippen LogP contribution in [0.4, 0.5) is 5.69 Å². The lowest BCUT2D eigenvalue weighted by molar-refractivity contribution is 0.102. The average molecular weight is 388 g/mol. The van der Waals surface area contributed by atoms with E-state index in [9.17, 15) is 13.2 Å². The van der Waals surface area contributed by atoms with E-state index in [4.69, 9.17) is 11.6 Å². The number of benzene rings is 2. The molecule has 0 fully saturated rings. The molecule has 1 N–H and O–H groups in total. The highest BCUT2D eigenvalue weighted by molar-refractivity contribution is 7.90. The van der Waals surface area contributed by atoms with Crippen molar-refractivity contribution in [3.8, 4) is 11.3 Å². The number of fused-ring (bicyclic) bond motifs is 3. The van der Waals surface area contributed by atoms with Crippen LogP contribution >= 0.6 is 11.6 Å². The van der Waals surface area contributed by atoms with Crippen LogP contribution < -0.4 is 5.32 Å². The maximum atomic E-state index is 12.7. The molecule has 0 saturated carbocycles. The number of carbonyl (C=O) groups excluding carboxylic acids is 1. The van der Waals surface area contributed by atoms with Crippen molar-refractivity contribution in [1.29, 1.82) is 0 Å². The maximum absolute atomic E-state index is 12.7. The molecule has 0 bridgehead atoms. The lowest BCUT2D eigenvalue weighted by atomic mass is 10.1. The number of hydrogen-bond donors (Lipinski definition) is 1. The highest BCUT2D eigenvalue weighted by Gasteiger charge is 2.34. The molecule has 0 unspecified atom stereocenters. The first kappa shape index (κ1) is 16.8. The molecular formula is C18H14ClN3O3S. The number of halogens is 1. The molecule has 3 aromatic rings. The van der Waals surface area contributed by atoms with E-state index in [0.29, 0.717) is 27.5 Å². The summed E-state index contributed by atoms with van der Waals surface area (Å²) in [6.45, 7) is 0. The third-order valence-electron chi connectivity index (χ3n) is 4.25. The van der Waals surface area contributed by atoms with Crippen molar-refractivity contribution in [2.24, 2.45) is 7.05 Å². The second-order valence-corrected chi connectivity index (χ2v) is 8.41. The summed E-state index contributed by atoms with van der Waals surface area (Å²) in [5.41, 5.74) is 2.23. The highest BCUT2D eigenvalue weighted by atomic mass is 35.5. The molecule has 2 heterocycles. The van der Waals surface area contributed by atoms with Gasteiger partial charge in [0.15, 0.2) is 15.5 Å². The number of rotatable bonds is 2. The van der Waals surface area contributed by atoms with Crippen molar-refractivity contribution in [2.45, 2.75) is 10.6 Å². The van der Waals surface area contributed by atoms with Crippen molar-refractivity contribution in [3.05, 3.63) is 64.8 Å². The summed E-state index contributed by atoms with van der Waals surface area (Å²) in [4.78, 5) is 13.0. The monoisotopic (exact) mass is 387 g/mol. The highest BCUT2D eigenvalue weighted by Crippen LogP contribution is 2.39. The molecule has 0 radical (unpaired) electrons. The van der Waals surface area contributed by atoms with Crippen LogP contribution in [0, 0.1) is 0 Å². The lowest BCUT2D eigenvalue weighted by Gasteiger charge is -2.18. The van der Waals surface area contributed by atoms with Gasteiger partial charge in [-0.05, 0) is 24.3 Å². The molecule has 4 rings (SSSR count). The molecule has 0 saturated heterocycles. The zero-order valence-electron chi connectivity index (χ0n) is 13.7. The second kappa shape index (κ2) is 5.96. The van der Waals surface area contributed by atoms with Crippen molar-refractivity contribution >= 4 is 33.0 Å². The molecule has 26 heavy (non-hydrogen) atoms. The van der Waals surface area contributed by atoms with Crippen LogP contribution in [0.15, 0.2) is 53.4 Å². The van der Waals surface area contributed by atoms with Crippen molar-refractivity contribution in [1.82, 2.24) is 9.78 Å². The lowest BCUT2D eigenvalue weighted by Crippen LogP contribution is -2.18. The molecular weight excluding hydrogens is 374 g/mol. The fourth-order valence-corrected chi connectivity index (χ4v) is 4.97. The summed E-state index contributed by atoms with van der Waals surface area (Å²) in [6.07, 6.45) is 0. The standard InChI is InChI=1S/C18H14ClN3O3S/c1-22-17-13-7-2-3-8-15(13)26(24,25)10-14(17)16(21-22)18(23)20-12-6-4-5-11(19)9-12/h2-9H,10H2,1H3,(H,20,23). The quantitative estimate of drug-likeness (QED) is 0.731. The fourth-order valence-electron chi connectivity index (χ4n) is 3.18. The Labute approximate surface area is 155 Å². The summed E-state index contributed by atoms with van der Waals surface area (Å²) >= 11 is 5.94. The first-order valence-corrected chi connectivity index (χ1v) is 9.85. The molecule has 2 aromatic carbocycles. The number of aryl methyl sites for hydroxylation is 1. The molecule has 8 heteroatoms. The fraction of sp³-hybridized carbons (Fsp3) is 0.111. The Morgan fingerprint density at radius 3 is 2.73 bits per heavy atom. The predicted octanol–water partition coefficient (Wildman–Crippen LogP) is 3.28. The van der Waals surface area contributed by atoms with Crippen LogP contribution in [0.3, 0.4) is 0 Å². The van der Waals surface area contributed by atoms with E-state index in [1.54, 1.807) is 60.3 Å². The van der Waals surface area contributed by atoms with Crippen LogP contribution in [-0.4, -0.2) is 24.1 Å². The molecule has 1 aliphatic rings. The number of nitrogens with one attached hydrogen (secondary N) is 1. The van der Waals surface area contributed by atoms with E-state index in [1.807, 2.05) is 0 Å². The van der Waals surface area contributed by atoms with Gasteiger partial charge in [0.2, 0.25) is 0 Å². The summed E-state index contributed by atoms with van der Waals surface area (Å²) in [5, 5.41) is 7.49. The van der Waals surface area contributed by atoms with Crippen molar-refractivity contribution in [2.75, 3.05) is 5.32 Å². The third kappa shape index (κ3) is 2.69. The number of aromatic nitrogens is 2. The minimum atomic E-state index is -3.53. The van der Waals surface area contributed by atoms with Gasteiger partial charge in [-0.25, -0.2) is 8.42 Å². The van der Waals surface area contributed by atoms with Crippen LogP contribution in [0.5, 0.6) is 0 Å². The smallest absolute Gasteiger partial charge is 0.276 e. The molecule has 0 atom stereocenters. The average Bonchev–Trinajstić information content (AvgIpc) is 2.91. The molecule has 132 valence electrons. The van der Waals surface area contributed by atoms with Crippen molar-refractivity contribution < 1.29 is 13.2 Å². The van der Waals surface area contributed by atoms with Gasteiger partial charge in [-0.3, -0.25) is 9.48 Å². The second-order valence-electron chi connectivity index (χ2n) is 6.02. The molecule has 0 aliphatic carbocycles. The Morgan fingerprint density at radius 2 is 1.96 bits per heavy atom. The summed E-state index contributed by atoms with van der Waals surface area (Å²) in [6, 6.07) is 13.5. The molecule has 6 nitrogen and oxygen atoms in total. The minimum absolute atomic E-state index is 0.0977. The van der Waals surface area contributed by atoms with Crippen LogP contribution in [0.1, 0.15) is 16.1 Å². The van der Waals surface area contributed by atoms with Gasteiger partial charge in [0, 0.05) is 28.9 Å². The van der Waals surface area contributed by atoms with Gasteiger partial charge in [-0.15, -0.1) is 0 Å². The van der Waals surface area contributed by atoms with Crippen molar-refractivity contribution in [3.63, 3.8) is 0 Å². The molecule has 1 aliphatic heterocycles. The number of anilines is 1. The summed E-state index contributed by atoms with van der Waals surface area (Å²) in [7, 11) is -1.83. The third-order valence-corrected chi connectivity index (χ3v) is 6.18. The largest absolute Gasteiger partial charge is 0.321 e. The van der Waals surface area contributed by atoms with E-state index in [2.05, 4.69) is 10.4 Å². The van der Waals surface area contributed by atoms with Crippen LogP contribution in [0.2, 0.25) is 5.02 Å². The van der Waals surface area contributed by atoms with E-state index in [1.165, 1.54) is 0 Å². The molecule has 1 aromatic heterocycles. The Bertz CT molecular complexity index is 1150. The van der Waals surface area contributed by atoms with Gasteiger partial charge in [-0.2, -0.15) is 5.10 Å². The van der Waals surface area contributed by atoms with Gasteiger partial charge in [0.25, 0.3) is 5.91 Å². The van der Waals surface area contributed by atoms with Crippen LogP contribution in [-0.2, 0) is 22.6 Å². The Hall–Kier alpha value is -2.64. The molecule has 0 spiro atoms. The number of hydrogen-bond acceptors (Lipinski definition) is 4. The zero-order valence-corrected chi connectivity index (χ0v) is 15.3. The topological polar surface area (TPSA) is 81.1 Å². The number of sulfone groups is 1. The molecule has 1 amide bonds. The first-order chi connectivity index (χ1) is 12.4.